The number of rotatable bonds is 87. The molecule has 632 valence electrons. The lowest BCUT2D eigenvalue weighted by Crippen LogP contribution is -2.37. The summed E-state index contributed by atoms with van der Waals surface area (Å²) in [7, 11) is 0. The molecule has 0 bridgehead atoms. The minimum atomic E-state index is -0.922. The molecule has 0 aliphatic carbocycles. The Bertz CT molecular complexity index is 1730. The predicted molar refractivity (Wildman–Crippen MR) is 451 cm³/mol. The topological polar surface area (TPSA) is 158 Å². The molecule has 12 nitrogen and oxygen atoms in total. The van der Waals surface area contributed by atoms with Gasteiger partial charge in [-0.3, -0.25) is 28.8 Å². The summed E-state index contributed by atoms with van der Waals surface area (Å²) in [4.78, 5) is 79.1. The van der Waals surface area contributed by atoms with E-state index in [2.05, 4.69) is 41.5 Å². The Morgan fingerprint density at radius 2 is 0.318 bits per heavy atom. The van der Waals surface area contributed by atoms with Crippen LogP contribution in [0, 0.1) is 5.41 Å². The summed E-state index contributed by atoms with van der Waals surface area (Å²) < 4.78 is 36.1. The maximum Gasteiger partial charge on any atom is 0.306 e. The van der Waals surface area contributed by atoms with Gasteiger partial charge in [0.1, 0.15) is 38.1 Å². The molecule has 0 heterocycles. The van der Waals surface area contributed by atoms with Crippen LogP contribution in [0.2, 0.25) is 0 Å². The normalized spacial score (nSPS) is 12.9. The summed E-state index contributed by atoms with van der Waals surface area (Å²) in [5, 5.41) is 0. The first kappa shape index (κ1) is 104. The van der Waals surface area contributed by atoms with Crippen molar-refractivity contribution in [2.24, 2.45) is 5.41 Å². The lowest BCUT2D eigenvalue weighted by Gasteiger charge is -2.28. The zero-order valence-electron chi connectivity index (χ0n) is 72.3. The van der Waals surface area contributed by atoms with E-state index in [0.29, 0.717) is 38.5 Å². The number of ether oxygens (including phenoxy) is 6. The summed E-state index contributed by atoms with van der Waals surface area (Å²) in [6.07, 6.45) is 80.7. The van der Waals surface area contributed by atoms with Gasteiger partial charge in [0.2, 0.25) is 0 Å². The highest BCUT2D eigenvalue weighted by Crippen LogP contribution is 2.26. The molecule has 0 aliphatic rings. The second-order valence-electron chi connectivity index (χ2n) is 33.5. The number of esters is 6. The van der Waals surface area contributed by atoms with Crippen molar-refractivity contribution in [3.05, 3.63) is 0 Å². The number of hydrogen-bond donors (Lipinski definition) is 0. The van der Waals surface area contributed by atoms with Crippen LogP contribution in [0.15, 0.2) is 0 Å². The number of carbonyl (C=O) groups is 6. The molecule has 3 atom stereocenters. The van der Waals surface area contributed by atoms with Gasteiger partial charge < -0.3 is 28.4 Å². The highest BCUT2D eigenvalue weighted by atomic mass is 16.6. The minimum absolute atomic E-state index is 0.0226. The molecule has 0 spiro atoms. The quantitative estimate of drug-likeness (QED) is 0.0323. The SMILES string of the molecule is CCCCCCCCCCCC(=O)OC(CCCCCCCCC)CCCCCCCC(=O)OCC(C)(COC(=O)CCCCCCCC(CCCCCCCCC)OC(=O)CCCCCCCCCCC)COC(=O)CCCCCCCC(CCCCCCCCC)OC(=O)CCCCCCCCCCC. The van der Waals surface area contributed by atoms with E-state index >= 15 is 0 Å². The number of hydrogen-bond acceptors (Lipinski definition) is 12. The molecule has 0 N–H and O–H groups in total. The first-order valence-electron chi connectivity index (χ1n) is 47.4. The fourth-order valence-corrected chi connectivity index (χ4v) is 14.9. The van der Waals surface area contributed by atoms with E-state index in [1.54, 1.807) is 0 Å². The van der Waals surface area contributed by atoms with Crippen LogP contribution in [0.4, 0.5) is 0 Å². The summed E-state index contributed by atoms with van der Waals surface area (Å²) in [6.45, 7) is 15.3. The highest BCUT2D eigenvalue weighted by Gasteiger charge is 2.31. The third kappa shape index (κ3) is 76.6. The second-order valence-corrected chi connectivity index (χ2v) is 33.5. The molecule has 3 unspecified atom stereocenters. The number of carbonyl (C=O) groups excluding carboxylic acids is 6. The monoisotopic (exact) mass is 1510 g/mol. The van der Waals surface area contributed by atoms with Crippen molar-refractivity contribution in [2.75, 3.05) is 19.8 Å². The van der Waals surface area contributed by atoms with Crippen LogP contribution >= 0.6 is 0 Å². The third-order valence-corrected chi connectivity index (χ3v) is 22.2. The molecule has 0 aromatic rings. The van der Waals surface area contributed by atoms with Gasteiger partial charge in [-0.2, -0.15) is 0 Å². The summed E-state index contributed by atoms with van der Waals surface area (Å²) >= 11 is 0. The van der Waals surface area contributed by atoms with E-state index in [-0.39, 0.29) is 93.2 Å². The fraction of sp³-hybridized carbons (Fsp3) is 0.937. The van der Waals surface area contributed by atoms with Crippen molar-refractivity contribution >= 4 is 35.8 Å². The van der Waals surface area contributed by atoms with Gasteiger partial charge in [0.05, 0.1) is 5.41 Å². The average Bonchev–Trinajstić information content (AvgIpc) is 0.883. The van der Waals surface area contributed by atoms with Crippen LogP contribution in [0.3, 0.4) is 0 Å². The number of unbranched alkanes of at least 4 members (excludes halogenated alkanes) is 54. The van der Waals surface area contributed by atoms with Crippen LogP contribution in [-0.4, -0.2) is 73.9 Å². The molecule has 0 saturated carbocycles. The predicted octanol–water partition coefficient (Wildman–Crippen LogP) is 29.7. The summed E-state index contributed by atoms with van der Waals surface area (Å²) in [5.74, 6) is -1.04. The van der Waals surface area contributed by atoms with Crippen LogP contribution < -0.4 is 0 Å². The van der Waals surface area contributed by atoms with Crippen molar-refractivity contribution in [2.45, 2.75) is 548 Å². The highest BCUT2D eigenvalue weighted by molar-refractivity contribution is 5.71. The lowest BCUT2D eigenvalue weighted by atomic mass is 9.94. The van der Waals surface area contributed by atoms with Gasteiger partial charge in [0.25, 0.3) is 0 Å². The molecular formula is C95H180O12. The van der Waals surface area contributed by atoms with Gasteiger partial charge in [0.15, 0.2) is 0 Å². The maximum absolute atomic E-state index is 13.3. The fourth-order valence-electron chi connectivity index (χ4n) is 14.9. The molecule has 0 amide bonds. The Balaban J connectivity index is 5.53. The third-order valence-electron chi connectivity index (χ3n) is 22.2. The Morgan fingerprint density at radius 1 is 0.187 bits per heavy atom. The van der Waals surface area contributed by atoms with E-state index < -0.39 is 5.41 Å². The summed E-state index contributed by atoms with van der Waals surface area (Å²) in [6, 6.07) is 0. The maximum atomic E-state index is 13.3. The van der Waals surface area contributed by atoms with Crippen LogP contribution in [-0.2, 0) is 57.2 Å². The van der Waals surface area contributed by atoms with E-state index in [9.17, 15) is 28.8 Å². The van der Waals surface area contributed by atoms with E-state index in [1.165, 1.54) is 250 Å². The van der Waals surface area contributed by atoms with Gasteiger partial charge in [0, 0.05) is 38.5 Å². The van der Waals surface area contributed by atoms with Gasteiger partial charge in [-0.05, 0) is 122 Å². The van der Waals surface area contributed by atoms with Crippen molar-refractivity contribution in [1.29, 1.82) is 0 Å². The zero-order valence-corrected chi connectivity index (χ0v) is 72.3. The minimum Gasteiger partial charge on any atom is -0.465 e. The Hall–Kier alpha value is -3.18. The van der Waals surface area contributed by atoms with Crippen LogP contribution in [0.25, 0.3) is 0 Å². The average molecular weight is 1510 g/mol. The molecule has 107 heavy (non-hydrogen) atoms. The Labute approximate surface area is 663 Å². The van der Waals surface area contributed by atoms with Crippen molar-refractivity contribution in [1.82, 2.24) is 0 Å². The Morgan fingerprint density at radius 3 is 0.477 bits per heavy atom. The van der Waals surface area contributed by atoms with Gasteiger partial charge in [-0.25, -0.2) is 0 Å². The van der Waals surface area contributed by atoms with Gasteiger partial charge in [-0.1, -0.05) is 369 Å². The molecule has 0 radical (unpaired) electrons. The lowest BCUT2D eigenvalue weighted by molar-refractivity contribution is -0.161. The Kier molecular flexibility index (Phi) is 79.8. The molecule has 12 heteroatoms. The zero-order chi connectivity index (χ0) is 78.1. The van der Waals surface area contributed by atoms with Crippen LogP contribution in [0.5, 0.6) is 0 Å². The van der Waals surface area contributed by atoms with Crippen molar-refractivity contribution < 1.29 is 57.2 Å². The van der Waals surface area contributed by atoms with E-state index in [0.717, 1.165) is 173 Å². The molecule has 0 saturated heterocycles. The first-order valence-corrected chi connectivity index (χ1v) is 47.4. The van der Waals surface area contributed by atoms with Gasteiger partial charge >= 0.3 is 35.8 Å². The molecule has 0 aromatic heterocycles. The molecule has 0 fully saturated rings. The van der Waals surface area contributed by atoms with Crippen molar-refractivity contribution in [3.8, 4) is 0 Å². The smallest absolute Gasteiger partial charge is 0.306 e. The first-order chi connectivity index (χ1) is 52.3. The van der Waals surface area contributed by atoms with Crippen LogP contribution in [0.1, 0.15) is 530 Å². The largest absolute Gasteiger partial charge is 0.465 e. The van der Waals surface area contributed by atoms with Gasteiger partial charge in [-0.15, -0.1) is 0 Å². The molecular weight excluding hydrogens is 1330 g/mol. The molecule has 0 aromatic carbocycles. The van der Waals surface area contributed by atoms with E-state index in [4.69, 9.17) is 28.4 Å². The summed E-state index contributed by atoms with van der Waals surface area (Å²) in [5.41, 5.74) is -0.922. The van der Waals surface area contributed by atoms with Crippen molar-refractivity contribution in [3.63, 3.8) is 0 Å². The molecule has 0 aliphatic heterocycles. The standard InChI is InChI=1S/C95H180O12/c1-8-14-20-26-32-35-41-53-68-80-92(99)105-86(71-59-47-38-29-23-17-11-4)74-62-50-44-56-65-77-89(96)102-83-95(7,84-103-90(97)78-66-57-45-51-63-75-87(72-60-48-39-30-24-18-12-5)106-93(100)81-69-54-42-36-33-27-21-15-9-2)85-104-91(98)79-67-58-46-52-64-76-88(73-61-49-40-31-25-19-13-6)107-94(101)82-70-55-43-37-34-28-22-16-10-3/h86-88H,8-85H2,1-7H3. The van der Waals surface area contributed by atoms with E-state index in [1.807, 2.05) is 6.92 Å². The molecule has 0 rings (SSSR count). The second kappa shape index (κ2) is 82.3.